The van der Waals surface area contributed by atoms with E-state index < -0.39 is 9.76 Å². The minimum Gasteiger partial charge on any atom is -0.417 e. The van der Waals surface area contributed by atoms with E-state index in [9.17, 15) is 0 Å². The predicted octanol–water partition coefficient (Wildman–Crippen LogP) is 1.79. The van der Waals surface area contributed by atoms with Gasteiger partial charge >= 0.3 is 0 Å². The fraction of sp³-hybridized carbons (Fsp3) is 1.00. The molecule has 0 radical (unpaired) electrons. The van der Waals surface area contributed by atoms with Crippen LogP contribution in [-0.4, -0.2) is 39.5 Å². The number of thioether (sulfide) groups is 1. The highest BCUT2D eigenvalue weighted by molar-refractivity contribution is 7.99. The van der Waals surface area contributed by atoms with Crippen LogP contribution in [0.15, 0.2) is 0 Å². The van der Waals surface area contributed by atoms with Crippen LogP contribution in [0.25, 0.3) is 0 Å². The summed E-state index contributed by atoms with van der Waals surface area (Å²) in [6.45, 7) is 12.4. The summed E-state index contributed by atoms with van der Waals surface area (Å²) in [6, 6.07) is 0.520. The Balaban J connectivity index is 2.42. The Labute approximate surface area is 101 Å². The van der Waals surface area contributed by atoms with E-state index >= 15 is 0 Å². The third-order valence-electron chi connectivity index (χ3n) is 2.64. The molecule has 0 spiro atoms. The second-order valence-corrected chi connectivity index (χ2v) is 9.88. The molecule has 0 amide bonds. The number of rotatable bonds is 3. The van der Waals surface area contributed by atoms with Crippen molar-refractivity contribution in [3.63, 3.8) is 0 Å². The molecule has 0 bridgehead atoms. The monoisotopic (exact) mass is 247 g/mol. The molecule has 15 heavy (non-hydrogen) atoms. The molecule has 0 aromatic heterocycles. The third kappa shape index (κ3) is 4.89. The topological polar surface area (TPSA) is 21.3 Å². The summed E-state index contributed by atoms with van der Waals surface area (Å²) in [5.41, 5.74) is 0.00687. The van der Waals surface area contributed by atoms with Crippen molar-refractivity contribution in [1.82, 2.24) is 5.32 Å². The zero-order valence-corrected chi connectivity index (χ0v) is 13.0. The van der Waals surface area contributed by atoms with Crippen molar-refractivity contribution < 1.29 is 4.43 Å². The van der Waals surface area contributed by atoms with Crippen LogP contribution < -0.4 is 5.32 Å². The summed E-state index contributed by atoms with van der Waals surface area (Å²) in [5.74, 6) is 2.43. The first kappa shape index (κ1) is 13.6. The Bertz CT molecular complexity index is 197. The molecular weight excluding hydrogens is 222 g/mol. The van der Waals surface area contributed by atoms with Crippen LogP contribution in [-0.2, 0) is 4.43 Å². The molecule has 0 aromatic carbocycles. The van der Waals surface area contributed by atoms with E-state index in [1.165, 1.54) is 11.5 Å². The Morgan fingerprint density at radius 2 is 1.93 bits per heavy atom. The van der Waals surface area contributed by atoms with Crippen LogP contribution in [0.4, 0.5) is 0 Å². The van der Waals surface area contributed by atoms with E-state index in [4.69, 9.17) is 4.43 Å². The molecule has 0 saturated carbocycles. The highest BCUT2D eigenvalue weighted by Crippen LogP contribution is 2.26. The highest BCUT2D eigenvalue weighted by atomic mass is 32.2. The lowest BCUT2D eigenvalue weighted by molar-refractivity contribution is 0.0729. The van der Waals surface area contributed by atoms with Crippen molar-refractivity contribution in [3.05, 3.63) is 0 Å². The molecule has 2 nitrogen and oxygen atoms in total. The maximum absolute atomic E-state index is 6.20. The summed E-state index contributed by atoms with van der Waals surface area (Å²) in [7, 11) is -0.449. The van der Waals surface area contributed by atoms with Crippen molar-refractivity contribution in [2.45, 2.75) is 51.3 Å². The van der Waals surface area contributed by atoms with Gasteiger partial charge in [0.1, 0.15) is 0 Å². The van der Waals surface area contributed by atoms with E-state index in [0.29, 0.717) is 11.1 Å². The molecule has 1 atom stereocenters. The van der Waals surface area contributed by atoms with Gasteiger partial charge in [-0.2, -0.15) is 11.8 Å². The Kier molecular flexibility index (Phi) is 4.71. The van der Waals surface area contributed by atoms with Gasteiger partial charge in [0.25, 0.3) is 0 Å². The minimum absolute atomic E-state index is 0.00687. The van der Waals surface area contributed by atoms with Crippen LogP contribution in [0.2, 0.25) is 5.04 Å². The van der Waals surface area contributed by atoms with E-state index in [1.54, 1.807) is 0 Å². The normalized spacial score (nSPS) is 25.0. The maximum Gasteiger partial charge on any atom is 0.167 e. The van der Waals surface area contributed by atoms with Crippen LogP contribution in [0, 0.1) is 0 Å². The van der Waals surface area contributed by atoms with Crippen molar-refractivity contribution in [2.24, 2.45) is 0 Å². The van der Waals surface area contributed by atoms with Gasteiger partial charge in [-0.3, -0.25) is 0 Å². The predicted molar refractivity (Wildman–Crippen MR) is 72.5 cm³/mol. The zero-order valence-electron chi connectivity index (χ0n) is 10.7. The first-order valence-electron chi connectivity index (χ1n) is 5.76. The molecule has 1 rings (SSSR count). The standard InChI is InChI=1S/C11H25NOSSi/c1-10(2,3)15-13-11(4,5)9-8-14-7-6-12-9/h9,12H,6-8,15H2,1-5H3. The molecule has 1 N–H and O–H groups in total. The lowest BCUT2D eigenvalue weighted by Gasteiger charge is -2.39. The summed E-state index contributed by atoms with van der Waals surface area (Å²) in [5, 5.41) is 3.96. The molecule has 1 saturated heterocycles. The van der Waals surface area contributed by atoms with Crippen molar-refractivity contribution in [3.8, 4) is 0 Å². The lowest BCUT2D eigenvalue weighted by atomic mass is 10.0. The number of hydrogen-bond donors (Lipinski definition) is 1. The molecule has 1 heterocycles. The Hall–Kier alpha value is 0.487. The van der Waals surface area contributed by atoms with E-state index in [1.807, 2.05) is 11.8 Å². The molecule has 90 valence electrons. The molecule has 1 aliphatic heterocycles. The van der Waals surface area contributed by atoms with Gasteiger partial charge in [-0.15, -0.1) is 0 Å². The quantitative estimate of drug-likeness (QED) is 0.768. The summed E-state index contributed by atoms with van der Waals surface area (Å²) in [4.78, 5) is 0. The molecule has 1 aliphatic rings. The molecule has 4 heteroatoms. The smallest absolute Gasteiger partial charge is 0.167 e. The average molecular weight is 247 g/mol. The molecule has 0 aliphatic carbocycles. The van der Waals surface area contributed by atoms with Crippen molar-refractivity contribution >= 4 is 21.5 Å². The first-order chi connectivity index (χ1) is 6.81. The molecule has 1 fully saturated rings. The molecule has 0 aromatic rings. The van der Waals surface area contributed by atoms with Gasteiger partial charge in [0, 0.05) is 24.1 Å². The average Bonchev–Trinajstić information content (AvgIpc) is 2.16. The summed E-state index contributed by atoms with van der Waals surface area (Å²) in [6.07, 6.45) is 0. The second-order valence-electron chi connectivity index (χ2n) is 6.03. The fourth-order valence-electron chi connectivity index (χ4n) is 1.52. The Morgan fingerprint density at radius 3 is 2.40 bits per heavy atom. The number of hydrogen-bond acceptors (Lipinski definition) is 3. The van der Waals surface area contributed by atoms with Crippen LogP contribution in [0.5, 0.6) is 0 Å². The minimum atomic E-state index is -0.449. The summed E-state index contributed by atoms with van der Waals surface area (Å²) >= 11 is 2.04. The number of nitrogens with one attached hydrogen (secondary N) is 1. The largest absolute Gasteiger partial charge is 0.417 e. The van der Waals surface area contributed by atoms with Crippen LogP contribution in [0.1, 0.15) is 34.6 Å². The maximum atomic E-state index is 6.20. The highest BCUT2D eigenvalue weighted by Gasteiger charge is 2.32. The molecule has 1 unspecified atom stereocenters. The van der Waals surface area contributed by atoms with Gasteiger partial charge in [-0.05, 0) is 18.9 Å². The van der Waals surface area contributed by atoms with Gasteiger partial charge in [0.2, 0.25) is 0 Å². The van der Waals surface area contributed by atoms with E-state index in [0.717, 1.165) is 6.54 Å². The van der Waals surface area contributed by atoms with Gasteiger partial charge in [-0.25, -0.2) is 0 Å². The van der Waals surface area contributed by atoms with Crippen molar-refractivity contribution in [2.75, 3.05) is 18.1 Å². The van der Waals surface area contributed by atoms with Gasteiger partial charge in [0.15, 0.2) is 9.76 Å². The molecular formula is C11H25NOSSi. The van der Waals surface area contributed by atoms with Crippen molar-refractivity contribution in [1.29, 1.82) is 0 Å². The van der Waals surface area contributed by atoms with Gasteiger partial charge in [-0.1, -0.05) is 20.8 Å². The lowest BCUT2D eigenvalue weighted by Crippen LogP contribution is -2.53. The fourth-order valence-corrected chi connectivity index (χ4v) is 3.71. The summed E-state index contributed by atoms with van der Waals surface area (Å²) < 4.78 is 6.20. The van der Waals surface area contributed by atoms with E-state index in [-0.39, 0.29) is 5.60 Å². The third-order valence-corrected chi connectivity index (χ3v) is 5.45. The van der Waals surface area contributed by atoms with Gasteiger partial charge < -0.3 is 9.74 Å². The van der Waals surface area contributed by atoms with Crippen LogP contribution in [0.3, 0.4) is 0 Å². The second kappa shape index (κ2) is 5.21. The van der Waals surface area contributed by atoms with E-state index in [2.05, 4.69) is 39.9 Å². The zero-order chi connectivity index (χ0) is 11.5. The van der Waals surface area contributed by atoms with Gasteiger partial charge in [0.05, 0.1) is 5.60 Å². The Morgan fingerprint density at radius 1 is 1.27 bits per heavy atom. The van der Waals surface area contributed by atoms with Crippen LogP contribution >= 0.6 is 11.8 Å². The SMILES string of the molecule is CC(C)(C)[SiH2]OC(C)(C)C1CSCCN1. The first-order valence-corrected chi connectivity index (χ1v) is 8.20.